The molecule has 1 amide bonds. The van der Waals surface area contributed by atoms with Crippen LogP contribution in [0.15, 0.2) is 46.2 Å². The van der Waals surface area contributed by atoms with E-state index in [9.17, 15) is 14.0 Å². The smallest absolute Gasteiger partial charge is 0.324 e. The molecule has 146 valence electrons. The van der Waals surface area contributed by atoms with E-state index < -0.39 is 17.4 Å². The van der Waals surface area contributed by atoms with Crippen molar-refractivity contribution in [2.75, 3.05) is 5.32 Å². The number of hydrogen-bond acceptors (Lipinski definition) is 5. The predicted octanol–water partition coefficient (Wildman–Crippen LogP) is 3.09. The number of nitrogens with one attached hydrogen (secondary N) is 1. The van der Waals surface area contributed by atoms with Crippen molar-refractivity contribution in [3.8, 4) is 0 Å². The van der Waals surface area contributed by atoms with Gasteiger partial charge in [-0.15, -0.1) is 16.9 Å². The van der Waals surface area contributed by atoms with Gasteiger partial charge in [0.1, 0.15) is 17.4 Å². The lowest BCUT2D eigenvalue weighted by atomic mass is 10.0. The van der Waals surface area contributed by atoms with E-state index in [1.807, 2.05) is 6.07 Å². The molecule has 0 saturated heterocycles. The molecular weight excluding hydrogens is 381 g/mol. The van der Waals surface area contributed by atoms with Crippen molar-refractivity contribution in [2.45, 2.75) is 48.9 Å². The Morgan fingerprint density at radius 3 is 2.79 bits per heavy atom. The van der Waals surface area contributed by atoms with Crippen LogP contribution < -0.4 is 11.0 Å². The number of carbonyl (C=O) groups is 1. The quantitative estimate of drug-likeness (QED) is 0.711. The highest BCUT2D eigenvalue weighted by Crippen LogP contribution is 2.32. The second-order valence-electron chi connectivity index (χ2n) is 6.82. The van der Waals surface area contributed by atoms with E-state index in [4.69, 9.17) is 0 Å². The molecule has 1 saturated carbocycles. The minimum absolute atomic E-state index is 0.274. The first-order valence-electron chi connectivity index (χ1n) is 9.27. The van der Waals surface area contributed by atoms with Crippen LogP contribution in [0.1, 0.15) is 32.1 Å². The largest absolute Gasteiger partial charge is 0.367 e. The Bertz CT molecular complexity index is 1060. The Kier molecular flexibility index (Phi) is 5.43. The van der Waals surface area contributed by atoms with Crippen LogP contribution in [0.5, 0.6) is 0 Å². The van der Waals surface area contributed by atoms with E-state index in [0.29, 0.717) is 16.6 Å². The van der Waals surface area contributed by atoms with Gasteiger partial charge in [-0.25, -0.2) is 13.9 Å². The highest BCUT2D eigenvalue weighted by molar-refractivity contribution is 7.99. The molecule has 1 aromatic carbocycles. The number of aromatic nitrogens is 4. The molecule has 4 rings (SSSR count). The second kappa shape index (κ2) is 8.14. The van der Waals surface area contributed by atoms with Crippen molar-refractivity contribution < 1.29 is 9.18 Å². The number of halogens is 1. The van der Waals surface area contributed by atoms with Gasteiger partial charge in [0.2, 0.25) is 5.91 Å². The van der Waals surface area contributed by atoms with Crippen LogP contribution in [0.25, 0.3) is 5.65 Å². The number of amides is 1. The zero-order valence-corrected chi connectivity index (χ0v) is 16.0. The summed E-state index contributed by atoms with van der Waals surface area (Å²) in [6.07, 6.45) is 6.08. The van der Waals surface area contributed by atoms with Gasteiger partial charge < -0.3 is 5.32 Å². The molecule has 1 aliphatic carbocycles. The topological polar surface area (TPSA) is 81.3 Å². The molecule has 2 heterocycles. The molecule has 28 heavy (non-hydrogen) atoms. The number of rotatable bonds is 5. The van der Waals surface area contributed by atoms with Crippen LogP contribution in [-0.4, -0.2) is 30.6 Å². The Morgan fingerprint density at radius 2 is 2.00 bits per heavy atom. The Balaban J connectivity index is 1.49. The van der Waals surface area contributed by atoms with Crippen LogP contribution in [-0.2, 0) is 11.3 Å². The third kappa shape index (κ3) is 4.24. The van der Waals surface area contributed by atoms with E-state index in [-0.39, 0.29) is 6.54 Å². The van der Waals surface area contributed by atoms with Gasteiger partial charge in [-0.05, 0) is 43.2 Å². The number of carbonyl (C=O) groups excluding carboxylic acids is 1. The van der Waals surface area contributed by atoms with E-state index in [2.05, 4.69) is 15.5 Å². The van der Waals surface area contributed by atoms with Crippen LogP contribution in [0, 0.1) is 5.82 Å². The molecule has 0 spiro atoms. The number of hydrogen-bond donors (Lipinski definition) is 1. The minimum atomic E-state index is -0.476. The Labute approximate surface area is 164 Å². The molecular formula is C19H20FN5O2S. The van der Waals surface area contributed by atoms with Crippen LogP contribution in [0.4, 0.5) is 10.1 Å². The summed E-state index contributed by atoms with van der Waals surface area (Å²) in [6.45, 7) is -0.274. The molecule has 9 heteroatoms. The fourth-order valence-electron chi connectivity index (χ4n) is 3.31. The van der Waals surface area contributed by atoms with Crippen LogP contribution in [0.3, 0.4) is 0 Å². The molecule has 0 unspecified atom stereocenters. The lowest BCUT2D eigenvalue weighted by Crippen LogP contribution is -2.29. The Morgan fingerprint density at radius 1 is 1.18 bits per heavy atom. The van der Waals surface area contributed by atoms with Gasteiger partial charge in [0.25, 0.3) is 0 Å². The second-order valence-corrected chi connectivity index (χ2v) is 8.14. The van der Waals surface area contributed by atoms with Crippen molar-refractivity contribution in [1.29, 1.82) is 0 Å². The number of benzene rings is 1. The number of fused-ring (bicyclic) bond motifs is 1. The fourth-order valence-corrected chi connectivity index (χ4v) is 4.50. The van der Waals surface area contributed by atoms with Crippen molar-refractivity contribution in [3.63, 3.8) is 0 Å². The zero-order chi connectivity index (χ0) is 19.5. The minimum Gasteiger partial charge on any atom is -0.324 e. The van der Waals surface area contributed by atoms with Gasteiger partial charge in [-0.3, -0.25) is 4.79 Å². The summed E-state index contributed by atoms with van der Waals surface area (Å²) in [6, 6.07) is 9.16. The lowest BCUT2D eigenvalue weighted by molar-refractivity contribution is -0.117. The van der Waals surface area contributed by atoms with E-state index in [1.54, 1.807) is 23.9 Å². The maximum absolute atomic E-state index is 13.2. The van der Waals surface area contributed by atoms with Gasteiger partial charge in [0.05, 0.1) is 0 Å². The standard InChI is InChI=1S/C19H20FN5O2S/c20-13-5-4-6-14(11-13)21-17(26)12-24-19(27)25-16(22-24)9-10-18(23-25)28-15-7-2-1-3-8-15/h4-6,9-11,15H,1-3,7-8,12H2,(H,21,26). The molecule has 3 aromatic rings. The highest BCUT2D eigenvalue weighted by Gasteiger charge is 2.17. The molecule has 0 atom stereocenters. The summed E-state index contributed by atoms with van der Waals surface area (Å²) in [5.74, 6) is -0.914. The SMILES string of the molecule is O=C(Cn1nc2ccc(SC3CCCCC3)nn2c1=O)Nc1cccc(F)c1. The first kappa shape index (κ1) is 18.7. The molecule has 0 radical (unpaired) electrons. The lowest BCUT2D eigenvalue weighted by Gasteiger charge is -2.20. The molecule has 0 aliphatic heterocycles. The molecule has 1 N–H and O–H groups in total. The first-order valence-corrected chi connectivity index (χ1v) is 10.2. The van der Waals surface area contributed by atoms with Crippen molar-refractivity contribution >= 4 is 29.0 Å². The average molecular weight is 401 g/mol. The maximum Gasteiger partial charge on any atom is 0.367 e. The monoisotopic (exact) mass is 401 g/mol. The molecule has 7 nitrogen and oxygen atoms in total. The highest BCUT2D eigenvalue weighted by atomic mass is 32.2. The average Bonchev–Trinajstić information content (AvgIpc) is 2.98. The summed E-state index contributed by atoms with van der Waals surface area (Å²) in [5.41, 5.74) is 0.234. The van der Waals surface area contributed by atoms with Crippen LogP contribution in [0.2, 0.25) is 0 Å². The number of nitrogens with zero attached hydrogens (tertiary/aromatic N) is 4. The maximum atomic E-state index is 13.2. The molecule has 1 aliphatic rings. The molecule has 2 aromatic heterocycles. The van der Waals surface area contributed by atoms with E-state index in [1.165, 1.54) is 54.8 Å². The zero-order valence-electron chi connectivity index (χ0n) is 15.2. The fraction of sp³-hybridized carbons (Fsp3) is 0.368. The summed E-state index contributed by atoms with van der Waals surface area (Å²) >= 11 is 1.69. The predicted molar refractivity (Wildman–Crippen MR) is 105 cm³/mol. The van der Waals surface area contributed by atoms with Gasteiger partial charge >= 0.3 is 5.69 Å². The number of anilines is 1. The van der Waals surface area contributed by atoms with Gasteiger partial charge in [0.15, 0.2) is 5.65 Å². The Hall–Kier alpha value is -2.68. The first-order chi connectivity index (χ1) is 13.6. The summed E-state index contributed by atoms with van der Waals surface area (Å²) < 4.78 is 15.5. The van der Waals surface area contributed by atoms with Crippen LogP contribution >= 0.6 is 11.8 Å². The summed E-state index contributed by atoms with van der Waals surface area (Å²) in [7, 11) is 0. The van der Waals surface area contributed by atoms with E-state index in [0.717, 1.165) is 9.71 Å². The number of thioether (sulfide) groups is 1. The van der Waals surface area contributed by atoms with Crippen molar-refractivity contribution in [2.24, 2.45) is 0 Å². The normalized spacial score (nSPS) is 15.0. The van der Waals surface area contributed by atoms with Crippen molar-refractivity contribution in [1.82, 2.24) is 19.4 Å². The molecule has 1 fully saturated rings. The third-order valence-electron chi connectivity index (χ3n) is 4.66. The summed E-state index contributed by atoms with van der Waals surface area (Å²) in [5, 5.41) is 12.4. The molecule has 0 bridgehead atoms. The van der Waals surface area contributed by atoms with Gasteiger partial charge in [-0.2, -0.15) is 9.61 Å². The third-order valence-corrected chi connectivity index (χ3v) is 5.92. The van der Waals surface area contributed by atoms with E-state index >= 15 is 0 Å². The summed E-state index contributed by atoms with van der Waals surface area (Å²) in [4.78, 5) is 24.8. The van der Waals surface area contributed by atoms with Gasteiger partial charge in [-0.1, -0.05) is 25.3 Å². The van der Waals surface area contributed by atoms with Gasteiger partial charge in [0, 0.05) is 10.9 Å². The van der Waals surface area contributed by atoms with Crippen molar-refractivity contribution in [3.05, 3.63) is 52.7 Å².